The number of hydrogen-bond donors (Lipinski definition) is 2. The highest BCUT2D eigenvalue weighted by Crippen LogP contribution is 2.39. The summed E-state index contributed by atoms with van der Waals surface area (Å²) >= 11 is 7.58. The van der Waals surface area contributed by atoms with Crippen molar-refractivity contribution in [2.24, 2.45) is 5.92 Å². The molecule has 2 aromatic carbocycles. The molecule has 160 valence electrons. The van der Waals surface area contributed by atoms with Crippen molar-refractivity contribution in [3.05, 3.63) is 70.6 Å². The van der Waals surface area contributed by atoms with E-state index in [0.29, 0.717) is 22.3 Å². The second-order valence-electron chi connectivity index (χ2n) is 7.48. The summed E-state index contributed by atoms with van der Waals surface area (Å²) in [6, 6.07) is 16.5. The largest absolute Gasteiger partial charge is 0.481 e. The van der Waals surface area contributed by atoms with Crippen LogP contribution in [0, 0.1) is 5.92 Å². The molecule has 0 unspecified atom stereocenters. The minimum absolute atomic E-state index is 0.259. The zero-order chi connectivity index (χ0) is 22.0. The molecule has 1 aliphatic heterocycles. The minimum atomic E-state index is -1.08. The monoisotopic (exact) mass is 456 g/mol. The van der Waals surface area contributed by atoms with Gasteiger partial charge < -0.3 is 10.2 Å². The fourth-order valence-electron chi connectivity index (χ4n) is 4.08. The standard InChI is InChI=1S/C23H21ClN2O4S/c24-17-9-5-4-8-15(17)18-13-31-23(25-18)26-11-10-19(27)21(14-6-2-1-3-7-14)16(22(26)30)12-20(28)29/h1-9,13,16,19,21,27H,10-12H2,(H,28,29)/t16-,19+,21+/m0/s1. The van der Waals surface area contributed by atoms with Crippen molar-refractivity contribution in [1.29, 1.82) is 0 Å². The summed E-state index contributed by atoms with van der Waals surface area (Å²) in [6.45, 7) is 0.259. The Bertz CT molecular complexity index is 1090. The maximum absolute atomic E-state index is 13.5. The summed E-state index contributed by atoms with van der Waals surface area (Å²) in [5, 5.41) is 23.2. The number of nitrogens with zero attached hydrogens (tertiary/aromatic N) is 2. The van der Waals surface area contributed by atoms with Gasteiger partial charge in [0, 0.05) is 28.4 Å². The van der Waals surface area contributed by atoms with Gasteiger partial charge in [0.15, 0.2) is 5.13 Å². The van der Waals surface area contributed by atoms with Gasteiger partial charge in [-0.3, -0.25) is 14.5 Å². The lowest BCUT2D eigenvalue weighted by Gasteiger charge is -2.28. The number of hydrogen-bond acceptors (Lipinski definition) is 5. The fraction of sp³-hybridized carbons (Fsp3) is 0.261. The maximum Gasteiger partial charge on any atom is 0.304 e. The summed E-state index contributed by atoms with van der Waals surface area (Å²) in [6.07, 6.45) is -0.888. The van der Waals surface area contributed by atoms with Crippen molar-refractivity contribution in [2.75, 3.05) is 11.4 Å². The summed E-state index contributed by atoms with van der Waals surface area (Å²) < 4.78 is 0. The van der Waals surface area contributed by atoms with Gasteiger partial charge >= 0.3 is 5.97 Å². The summed E-state index contributed by atoms with van der Waals surface area (Å²) in [5.41, 5.74) is 2.17. The van der Waals surface area contributed by atoms with Gasteiger partial charge in [-0.1, -0.05) is 60.1 Å². The lowest BCUT2D eigenvalue weighted by Crippen LogP contribution is -2.38. The van der Waals surface area contributed by atoms with E-state index in [1.807, 2.05) is 53.9 Å². The highest BCUT2D eigenvalue weighted by Gasteiger charge is 2.42. The van der Waals surface area contributed by atoms with Crippen LogP contribution in [0.5, 0.6) is 0 Å². The van der Waals surface area contributed by atoms with E-state index in [1.165, 1.54) is 16.2 Å². The fourth-order valence-corrected chi connectivity index (χ4v) is 5.16. The molecule has 3 aromatic rings. The number of anilines is 1. The molecule has 0 spiro atoms. The molecule has 2 heterocycles. The van der Waals surface area contributed by atoms with Gasteiger partial charge in [-0.2, -0.15) is 0 Å². The van der Waals surface area contributed by atoms with Gasteiger partial charge in [-0.05, 0) is 18.1 Å². The molecule has 0 saturated carbocycles. The van der Waals surface area contributed by atoms with Crippen molar-refractivity contribution < 1.29 is 19.8 Å². The van der Waals surface area contributed by atoms with Crippen LogP contribution in [0.4, 0.5) is 5.13 Å². The quantitative estimate of drug-likeness (QED) is 0.592. The minimum Gasteiger partial charge on any atom is -0.481 e. The third kappa shape index (κ3) is 4.49. The first-order chi connectivity index (χ1) is 15.0. The number of rotatable bonds is 5. The number of thiazole rings is 1. The third-order valence-electron chi connectivity index (χ3n) is 5.53. The Morgan fingerprint density at radius 3 is 2.58 bits per heavy atom. The number of aliphatic hydroxyl groups excluding tert-OH is 1. The van der Waals surface area contributed by atoms with Crippen LogP contribution in [0.25, 0.3) is 11.3 Å². The highest BCUT2D eigenvalue weighted by atomic mass is 35.5. The SMILES string of the molecule is O=C(O)C[C@@H]1C(=O)N(c2nc(-c3ccccc3Cl)cs2)CC[C@@H](O)[C@@H]1c1ccccc1. The molecule has 0 aliphatic carbocycles. The molecule has 1 amide bonds. The van der Waals surface area contributed by atoms with Gasteiger partial charge in [0.2, 0.25) is 5.91 Å². The van der Waals surface area contributed by atoms with Crippen molar-refractivity contribution in [3.63, 3.8) is 0 Å². The van der Waals surface area contributed by atoms with E-state index in [-0.39, 0.29) is 18.9 Å². The Hall–Kier alpha value is -2.74. The Labute approximate surface area is 188 Å². The lowest BCUT2D eigenvalue weighted by molar-refractivity contribution is -0.141. The zero-order valence-corrected chi connectivity index (χ0v) is 18.1. The number of benzene rings is 2. The molecule has 1 fully saturated rings. The Kier molecular flexibility index (Phi) is 6.36. The van der Waals surface area contributed by atoms with Crippen molar-refractivity contribution in [3.8, 4) is 11.3 Å². The number of amides is 1. The van der Waals surface area contributed by atoms with Crippen LogP contribution in [0.1, 0.15) is 24.3 Å². The van der Waals surface area contributed by atoms with Crippen molar-refractivity contribution in [1.82, 2.24) is 4.98 Å². The predicted molar refractivity (Wildman–Crippen MR) is 120 cm³/mol. The van der Waals surface area contributed by atoms with E-state index >= 15 is 0 Å². The summed E-state index contributed by atoms with van der Waals surface area (Å²) in [4.78, 5) is 31.2. The molecule has 31 heavy (non-hydrogen) atoms. The first kappa shape index (κ1) is 21.5. The third-order valence-corrected chi connectivity index (χ3v) is 6.72. The van der Waals surface area contributed by atoms with Crippen LogP contribution in [0.15, 0.2) is 60.0 Å². The average molecular weight is 457 g/mol. The predicted octanol–water partition coefficient (Wildman–Crippen LogP) is 4.44. The topological polar surface area (TPSA) is 90.7 Å². The molecule has 1 aliphatic rings. The zero-order valence-electron chi connectivity index (χ0n) is 16.5. The smallest absolute Gasteiger partial charge is 0.304 e. The number of carbonyl (C=O) groups excluding carboxylic acids is 1. The molecular weight excluding hydrogens is 436 g/mol. The van der Waals surface area contributed by atoms with Crippen LogP contribution in [-0.4, -0.2) is 39.7 Å². The van der Waals surface area contributed by atoms with Crippen LogP contribution >= 0.6 is 22.9 Å². The van der Waals surface area contributed by atoms with Gasteiger partial charge in [0.05, 0.1) is 24.1 Å². The molecule has 2 N–H and O–H groups in total. The maximum atomic E-state index is 13.5. The number of aliphatic hydroxyl groups is 1. The summed E-state index contributed by atoms with van der Waals surface area (Å²) in [5.74, 6) is -2.92. The number of aromatic nitrogens is 1. The van der Waals surface area contributed by atoms with E-state index in [1.54, 1.807) is 6.07 Å². The number of carboxylic acid groups (broad SMARTS) is 1. The van der Waals surface area contributed by atoms with Gasteiger partial charge in [-0.25, -0.2) is 4.98 Å². The summed E-state index contributed by atoms with van der Waals surface area (Å²) in [7, 11) is 0. The molecule has 4 rings (SSSR count). The molecule has 6 nitrogen and oxygen atoms in total. The molecule has 3 atom stereocenters. The van der Waals surface area contributed by atoms with Crippen molar-refractivity contribution >= 4 is 39.9 Å². The van der Waals surface area contributed by atoms with Crippen LogP contribution in [-0.2, 0) is 9.59 Å². The van der Waals surface area contributed by atoms with Gasteiger partial charge in [0.1, 0.15) is 0 Å². The van der Waals surface area contributed by atoms with Crippen LogP contribution in [0.3, 0.4) is 0 Å². The van der Waals surface area contributed by atoms with E-state index in [9.17, 15) is 19.8 Å². The van der Waals surface area contributed by atoms with Crippen molar-refractivity contribution in [2.45, 2.75) is 24.9 Å². The molecule has 0 bridgehead atoms. The van der Waals surface area contributed by atoms with E-state index < -0.39 is 23.9 Å². The average Bonchev–Trinajstić information content (AvgIpc) is 3.19. The van der Waals surface area contributed by atoms with Gasteiger partial charge in [-0.15, -0.1) is 11.3 Å². The molecule has 8 heteroatoms. The number of carboxylic acids is 1. The Morgan fingerprint density at radius 2 is 1.87 bits per heavy atom. The molecule has 1 saturated heterocycles. The second kappa shape index (κ2) is 9.18. The first-order valence-electron chi connectivity index (χ1n) is 9.92. The number of aliphatic carboxylic acids is 1. The van der Waals surface area contributed by atoms with E-state index in [4.69, 9.17) is 11.6 Å². The normalized spacial score (nSPS) is 21.7. The Morgan fingerprint density at radius 1 is 1.16 bits per heavy atom. The molecule has 0 radical (unpaired) electrons. The molecule has 1 aromatic heterocycles. The lowest BCUT2D eigenvalue weighted by atomic mass is 9.79. The first-order valence-corrected chi connectivity index (χ1v) is 11.2. The second-order valence-corrected chi connectivity index (χ2v) is 8.73. The Balaban J connectivity index is 1.70. The highest BCUT2D eigenvalue weighted by molar-refractivity contribution is 7.14. The van der Waals surface area contributed by atoms with Gasteiger partial charge in [0.25, 0.3) is 0 Å². The molecular formula is C23H21ClN2O4S. The number of halogens is 1. The van der Waals surface area contributed by atoms with E-state index in [2.05, 4.69) is 4.98 Å². The van der Waals surface area contributed by atoms with Crippen LogP contribution in [0.2, 0.25) is 5.02 Å². The van der Waals surface area contributed by atoms with Crippen LogP contribution < -0.4 is 4.90 Å². The number of carbonyl (C=O) groups is 2. The van der Waals surface area contributed by atoms with E-state index in [0.717, 1.165) is 11.1 Å².